The third-order valence-corrected chi connectivity index (χ3v) is 4.72. The molecule has 2 aliphatic rings. The molecule has 4 rings (SSSR count). The zero-order valence-corrected chi connectivity index (χ0v) is 13.6. The molecule has 2 aromatic rings. The number of ether oxygens (including phenoxy) is 2. The summed E-state index contributed by atoms with van der Waals surface area (Å²) >= 11 is 1.54. The normalized spacial score (nSPS) is 25.3. The molecular weight excluding hydrogens is 316 g/mol. The van der Waals surface area contributed by atoms with Crippen LogP contribution in [0.3, 0.4) is 0 Å². The van der Waals surface area contributed by atoms with Crippen LogP contribution in [0.2, 0.25) is 0 Å². The summed E-state index contributed by atoms with van der Waals surface area (Å²) in [5, 5.41) is 4.95. The van der Waals surface area contributed by atoms with Crippen LogP contribution in [-0.4, -0.2) is 69.5 Å². The first-order chi connectivity index (χ1) is 11.3. The van der Waals surface area contributed by atoms with Crippen LogP contribution in [0.1, 0.15) is 6.04 Å². The van der Waals surface area contributed by atoms with Crippen LogP contribution in [0, 0.1) is 0 Å². The highest BCUT2D eigenvalue weighted by molar-refractivity contribution is 7.98. The molecule has 23 heavy (non-hydrogen) atoms. The number of aromatic nitrogens is 5. The van der Waals surface area contributed by atoms with E-state index in [4.69, 9.17) is 9.47 Å². The van der Waals surface area contributed by atoms with Crippen molar-refractivity contribution in [2.45, 2.75) is 23.4 Å². The lowest BCUT2D eigenvalue weighted by atomic mass is 10.3. The van der Waals surface area contributed by atoms with Gasteiger partial charge in [0.25, 0.3) is 0 Å². The molecule has 0 N–H and O–H groups in total. The lowest BCUT2D eigenvalue weighted by Crippen LogP contribution is -2.27. The van der Waals surface area contributed by atoms with Gasteiger partial charge in [0.1, 0.15) is 36.7 Å². The fraction of sp³-hybridized carbons (Fsp3) is 0.571. The summed E-state index contributed by atoms with van der Waals surface area (Å²) in [4.78, 5) is 15.0. The van der Waals surface area contributed by atoms with Gasteiger partial charge in [0.05, 0.1) is 13.2 Å². The average Bonchev–Trinajstić information content (AvgIpc) is 3.22. The molecule has 0 amide bonds. The van der Waals surface area contributed by atoms with Crippen LogP contribution in [0.4, 0.5) is 5.82 Å². The number of nitrogens with zero attached hydrogens (tertiary/aromatic N) is 6. The molecule has 0 saturated carbocycles. The van der Waals surface area contributed by atoms with Gasteiger partial charge in [0.15, 0.2) is 5.16 Å². The van der Waals surface area contributed by atoms with Crippen LogP contribution in [0.25, 0.3) is 0 Å². The van der Waals surface area contributed by atoms with Gasteiger partial charge < -0.3 is 14.4 Å². The van der Waals surface area contributed by atoms with E-state index in [1.165, 1.54) is 6.33 Å². The van der Waals surface area contributed by atoms with Gasteiger partial charge in [0, 0.05) is 19.3 Å². The summed E-state index contributed by atoms with van der Waals surface area (Å²) in [5.41, 5.74) is 0. The van der Waals surface area contributed by atoms with Crippen molar-refractivity contribution < 1.29 is 9.47 Å². The lowest BCUT2D eigenvalue weighted by Gasteiger charge is -2.19. The second kappa shape index (κ2) is 6.42. The first-order valence-electron chi connectivity index (χ1n) is 7.53. The SMILES string of the molecule is CSc1nccc(N2C[C@@H]3OCC(n4cncn4)CO[C@H]3C2)n1. The second-order valence-electron chi connectivity index (χ2n) is 5.58. The van der Waals surface area contributed by atoms with Crippen molar-refractivity contribution >= 4 is 17.6 Å². The molecular formula is C14H18N6O2S. The van der Waals surface area contributed by atoms with E-state index in [-0.39, 0.29) is 18.2 Å². The number of anilines is 1. The molecule has 122 valence electrons. The first kappa shape index (κ1) is 14.9. The van der Waals surface area contributed by atoms with E-state index in [9.17, 15) is 0 Å². The van der Waals surface area contributed by atoms with Crippen molar-refractivity contribution in [3.05, 3.63) is 24.9 Å². The second-order valence-corrected chi connectivity index (χ2v) is 6.35. The van der Waals surface area contributed by atoms with Gasteiger partial charge in [-0.25, -0.2) is 19.6 Å². The molecule has 2 aliphatic heterocycles. The Bertz CT molecular complexity index is 638. The van der Waals surface area contributed by atoms with Crippen molar-refractivity contribution in [3.63, 3.8) is 0 Å². The molecule has 2 saturated heterocycles. The topological polar surface area (TPSA) is 78.2 Å². The zero-order valence-electron chi connectivity index (χ0n) is 12.8. The maximum absolute atomic E-state index is 6.07. The Morgan fingerprint density at radius 2 is 2.00 bits per heavy atom. The Labute approximate surface area is 138 Å². The summed E-state index contributed by atoms with van der Waals surface area (Å²) in [6.45, 7) is 2.72. The highest BCUT2D eigenvalue weighted by Crippen LogP contribution is 2.27. The molecule has 2 aromatic heterocycles. The van der Waals surface area contributed by atoms with E-state index >= 15 is 0 Å². The zero-order chi connectivity index (χ0) is 15.6. The van der Waals surface area contributed by atoms with E-state index in [0.29, 0.717) is 13.2 Å². The molecule has 2 atom stereocenters. The number of thioether (sulfide) groups is 1. The standard InChI is InChI=1S/C14H18N6O2S/c1-23-14-16-3-2-13(18-14)19-4-11-12(5-19)22-7-10(6-21-11)20-9-15-8-17-20/h2-3,8-12H,4-7H2,1H3/t11-,12-/m0/s1. The predicted octanol–water partition coefficient (Wildman–Crippen LogP) is 0.635. The third-order valence-electron chi connectivity index (χ3n) is 4.16. The molecule has 0 bridgehead atoms. The largest absolute Gasteiger partial charge is 0.371 e. The lowest BCUT2D eigenvalue weighted by molar-refractivity contribution is -0.00461. The fourth-order valence-electron chi connectivity index (χ4n) is 2.93. The highest BCUT2D eigenvalue weighted by atomic mass is 32.2. The van der Waals surface area contributed by atoms with Gasteiger partial charge in [-0.05, 0) is 12.3 Å². The molecule has 0 spiro atoms. The minimum absolute atomic E-state index is 0.0521. The monoisotopic (exact) mass is 334 g/mol. The highest BCUT2D eigenvalue weighted by Gasteiger charge is 2.38. The van der Waals surface area contributed by atoms with Gasteiger partial charge >= 0.3 is 0 Å². The predicted molar refractivity (Wildman–Crippen MR) is 84.6 cm³/mol. The molecule has 0 aliphatic carbocycles. The number of rotatable bonds is 3. The van der Waals surface area contributed by atoms with E-state index < -0.39 is 0 Å². The Morgan fingerprint density at radius 3 is 2.65 bits per heavy atom. The van der Waals surface area contributed by atoms with Crippen LogP contribution in [0.5, 0.6) is 0 Å². The van der Waals surface area contributed by atoms with Crippen molar-refractivity contribution in [3.8, 4) is 0 Å². The number of hydrogen-bond acceptors (Lipinski definition) is 8. The molecule has 9 heteroatoms. The number of hydrogen-bond donors (Lipinski definition) is 0. The Hall–Kier alpha value is -1.71. The molecule has 2 fully saturated rings. The Balaban J connectivity index is 1.43. The Morgan fingerprint density at radius 1 is 1.22 bits per heavy atom. The first-order valence-corrected chi connectivity index (χ1v) is 8.75. The molecule has 8 nitrogen and oxygen atoms in total. The Kier molecular flexibility index (Phi) is 4.15. The molecule has 0 unspecified atom stereocenters. The van der Waals surface area contributed by atoms with Crippen molar-refractivity contribution in [1.29, 1.82) is 0 Å². The van der Waals surface area contributed by atoms with E-state index in [1.54, 1.807) is 29.0 Å². The van der Waals surface area contributed by atoms with Gasteiger partial charge in [-0.15, -0.1) is 0 Å². The van der Waals surface area contributed by atoms with Crippen molar-refractivity contribution in [1.82, 2.24) is 24.7 Å². The summed E-state index contributed by atoms with van der Waals surface area (Å²) in [5.74, 6) is 0.928. The van der Waals surface area contributed by atoms with Gasteiger partial charge in [-0.1, -0.05) is 11.8 Å². The molecule has 0 radical (unpaired) electrons. The average molecular weight is 334 g/mol. The quantitative estimate of drug-likeness (QED) is 0.598. The minimum Gasteiger partial charge on any atom is -0.371 e. The van der Waals surface area contributed by atoms with Crippen molar-refractivity contribution in [2.24, 2.45) is 0 Å². The molecule has 0 aromatic carbocycles. The summed E-state index contributed by atoms with van der Waals surface area (Å²) in [6.07, 6.45) is 7.11. The maximum Gasteiger partial charge on any atom is 0.189 e. The fourth-order valence-corrected chi connectivity index (χ4v) is 3.28. The summed E-state index contributed by atoms with van der Waals surface area (Å²) in [7, 11) is 0. The van der Waals surface area contributed by atoms with Gasteiger partial charge in [-0.2, -0.15) is 5.10 Å². The van der Waals surface area contributed by atoms with Crippen LogP contribution < -0.4 is 4.90 Å². The number of fused-ring (bicyclic) bond motifs is 1. The minimum atomic E-state index is 0.0521. The van der Waals surface area contributed by atoms with Gasteiger partial charge in [-0.3, -0.25) is 0 Å². The van der Waals surface area contributed by atoms with Gasteiger partial charge in [0.2, 0.25) is 0 Å². The van der Waals surface area contributed by atoms with Crippen molar-refractivity contribution in [2.75, 3.05) is 37.5 Å². The van der Waals surface area contributed by atoms with Crippen LogP contribution in [0.15, 0.2) is 30.1 Å². The van der Waals surface area contributed by atoms with E-state index in [2.05, 4.69) is 25.0 Å². The van der Waals surface area contributed by atoms with Crippen LogP contribution in [-0.2, 0) is 9.47 Å². The summed E-state index contributed by atoms with van der Waals surface area (Å²) < 4.78 is 13.9. The van der Waals surface area contributed by atoms with E-state index in [0.717, 1.165) is 24.1 Å². The van der Waals surface area contributed by atoms with E-state index in [1.807, 2.05) is 12.3 Å². The smallest absolute Gasteiger partial charge is 0.189 e. The molecule has 4 heterocycles. The van der Waals surface area contributed by atoms with Crippen LogP contribution >= 0.6 is 11.8 Å². The third kappa shape index (κ3) is 3.04. The maximum atomic E-state index is 6.07. The summed E-state index contributed by atoms with van der Waals surface area (Å²) in [6, 6.07) is 2.02.